The van der Waals surface area contributed by atoms with E-state index in [0.717, 1.165) is 17.7 Å². The molecule has 0 aliphatic heterocycles. The van der Waals surface area contributed by atoms with Gasteiger partial charge < -0.3 is 10.1 Å². The number of hydrogen-bond donors (Lipinski definition) is 1. The van der Waals surface area contributed by atoms with Crippen molar-refractivity contribution in [2.75, 3.05) is 13.2 Å². The van der Waals surface area contributed by atoms with Crippen LogP contribution in [0.15, 0.2) is 97.2 Å². The predicted molar refractivity (Wildman–Crippen MR) is 126 cm³/mol. The molecular weight excluding hydrogens is 398 g/mol. The summed E-state index contributed by atoms with van der Waals surface area (Å²) in [7, 11) is 1.88. The third-order valence-corrected chi connectivity index (χ3v) is 5.50. The minimum absolute atomic E-state index is 0.0315. The summed E-state index contributed by atoms with van der Waals surface area (Å²) in [5.74, 6) is 0.756. The molecule has 1 N–H and O–H groups in total. The minimum Gasteiger partial charge on any atom is -0.483 e. The number of aryl methyl sites for hydroxylation is 1. The Kier molecular flexibility index (Phi) is 6.98. The molecule has 0 spiro atoms. The molecule has 4 aromatic rings. The topological polar surface area (TPSA) is 56.2 Å². The van der Waals surface area contributed by atoms with Gasteiger partial charge in [-0.15, -0.1) is 0 Å². The first-order chi connectivity index (χ1) is 15.7. The zero-order valence-corrected chi connectivity index (χ0v) is 18.1. The Morgan fingerprint density at radius 3 is 2.16 bits per heavy atom. The maximum absolute atomic E-state index is 12.5. The van der Waals surface area contributed by atoms with Gasteiger partial charge in [-0.2, -0.15) is 5.10 Å². The Labute approximate surface area is 188 Å². The third-order valence-electron chi connectivity index (χ3n) is 5.50. The highest BCUT2D eigenvalue weighted by atomic mass is 16.5. The number of ether oxygens (including phenoxy) is 1. The average molecular weight is 426 g/mol. The Morgan fingerprint density at radius 1 is 0.906 bits per heavy atom. The molecule has 5 heteroatoms. The first kappa shape index (κ1) is 21.4. The average Bonchev–Trinajstić information content (AvgIpc) is 3.27. The molecule has 0 unspecified atom stereocenters. The van der Waals surface area contributed by atoms with Gasteiger partial charge >= 0.3 is 0 Å². The van der Waals surface area contributed by atoms with Crippen molar-refractivity contribution in [1.29, 1.82) is 0 Å². The van der Waals surface area contributed by atoms with Crippen LogP contribution in [-0.4, -0.2) is 28.8 Å². The first-order valence-electron chi connectivity index (χ1n) is 10.8. The lowest BCUT2D eigenvalue weighted by molar-refractivity contribution is -0.123. The third kappa shape index (κ3) is 5.24. The number of para-hydroxylation sites is 1. The zero-order valence-electron chi connectivity index (χ0n) is 18.1. The lowest BCUT2D eigenvalue weighted by Crippen LogP contribution is -2.30. The minimum atomic E-state index is -0.135. The molecular formula is C27H27N3O2. The van der Waals surface area contributed by atoms with E-state index in [1.807, 2.05) is 49.5 Å². The number of nitrogens with one attached hydrogen (secondary N) is 1. The Bertz CT molecular complexity index is 1100. The van der Waals surface area contributed by atoms with Gasteiger partial charge in [0.2, 0.25) is 0 Å². The Hall–Kier alpha value is -3.86. The molecule has 0 aliphatic rings. The molecule has 0 aliphatic carbocycles. The van der Waals surface area contributed by atoms with Crippen molar-refractivity contribution >= 4 is 5.91 Å². The van der Waals surface area contributed by atoms with E-state index in [-0.39, 0.29) is 18.4 Å². The van der Waals surface area contributed by atoms with E-state index in [2.05, 4.69) is 58.9 Å². The molecule has 162 valence electrons. The second kappa shape index (κ2) is 10.4. The molecule has 3 aromatic carbocycles. The van der Waals surface area contributed by atoms with Crippen molar-refractivity contribution in [2.45, 2.75) is 12.3 Å². The summed E-state index contributed by atoms with van der Waals surface area (Å²) in [5, 5.41) is 7.23. The summed E-state index contributed by atoms with van der Waals surface area (Å²) in [6.45, 7) is 0.538. The van der Waals surface area contributed by atoms with Crippen LogP contribution in [-0.2, 0) is 11.8 Å². The number of carbonyl (C=O) groups is 1. The number of amides is 1. The lowest BCUT2D eigenvalue weighted by atomic mass is 9.88. The van der Waals surface area contributed by atoms with E-state index in [9.17, 15) is 4.79 Å². The standard InChI is InChI=1S/C27H27N3O2/c1-30-25(17-19-29-30)24-14-8-9-15-26(24)32-20-27(31)28-18-16-23(21-10-4-2-5-11-21)22-12-6-3-7-13-22/h2-15,17,19,23H,16,18,20H2,1H3,(H,28,31). The van der Waals surface area contributed by atoms with Crippen LogP contribution >= 0.6 is 0 Å². The van der Waals surface area contributed by atoms with Gasteiger partial charge in [0.05, 0.1) is 5.69 Å². The second-order valence-corrected chi connectivity index (χ2v) is 7.64. The molecule has 32 heavy (non-hydrogen) atoms. The van der Waals surface area contributed by atoms with Gasteiger partial charge in [-0.25, -0.2) is 0 Å². The van der Waals surface area contributed by atoms with Crippen molar-refractivity contribution in [3.8, 4) is 17.0 Å². The summed E-state index contributed by atoms with van der Waals surface area (Å²) in [5.41, 5.74) is 4.34. The van der Waals surface area contributed by atoms with E-state index in [1.54, 1.807) is 10.9 Å². The van der Waals surface area contributed by atoms with E-state index < -0.39 is 0 Å². The molecule has 0 bridgehead atoms. The van der Waals surface area contributed by atoms with Gasteiger partial charge in [0.15, 0.2) is 6.61 Å². The van der Waals surface area contributed by atoms with Crippen molar-refractivity contribution in [3.63, 3.8) is 0 Å². The number of hydrogen-bond acceptors (Lipinski definition) is 3. The number of aromatic nitrogens is 2. The van der Waals surface area contributed by atoms with Crippen LogP contribution in [0.3, 0.4) is 0 Å². The van der Waals surface area contributed by atoms with Crippen molar-refractivity contribution < 1.29 is 9.53 Å². The number of benzene rings is 3. The van der Waals surface area contributed by atoms with E-state index in [4.69, 9.17) is 4.74 Å². The van der Waals surface area contributed by atoms with Crippen LogP contribution in [0.25, 0.3) is 11.3 Å². The van der Waals surface area contributed by atoms with Crippen LogP contribution in [0.2, 0.25) is 0 Å². The van der Waals surface area contributed by atoms with Crippen molar-refractivity contribution in [2.24, 2.45) is 7.05 Å². The second-order valence-electron chi connectivity index (χ2n) is 7.64. The fourth-order valence-corrected chi connectivity index (χ4v) is 3.89. The molecule has 0 saturated carbocycles. The van der Waals surface area contributed by atoms with Crippen molar-refractivity contribution in [3.05, 3.63) is 108 Å². The summed E-state index contributed by atoms with van der Waals surface area (Å²) in [6.07, 6.45) is 2.56. The maximum Gasteiger partial charge on any atom is 0.257 e. The predicted octanol–water partition coefficient (Wildman–Crippen LogP) is 4.80. The molecule has 5 nitrogen and oxygen atoms in total. The monoisotopic (exact) mass is 425 g/mol. The van der Waals surface area contributed by atoms with Gasteiger partial charge in [0.25, 0.3) is 5.91 Å². The molecule has 0 atom stereocenters. The Balaban J connectivity index is 1.35. The number of rotatable bonds is 9. The molecule has 0 saturated heterocycles. The smallest absolute Gasteiger partial charge is 0.257 e. The number of carbonyl (C=O) groups excluding carboxylic acids is 1. The normalized spacial score (nSPS) is 10.8. The van der Waals surface area contributed by atoms with Gasteiger partial charge in [0.1, 0.15) is 5.75 Å². The SMILES string of the molecule is Cn1nccc1-c1ccccc1OCC(=O)NCCC(c1ccccc1)c1ccccc1. The number of nitrogens with zero attached hydrogens (tertiary/aromatic N) is 2. The van der Waals surface area contributed by atoms with Crippen LogP contribution in [0.4, 0.5) is 0 Å². The Morgan fingerprint density at radius 2 is 1.53 bits per heavy atom. The van der Waals surface area contributed by atoms with Gasteiger partial charge in [-0.05, 0) is 35.7 Å². The first-order valence-corrected chi connectivity index (χ1v) is 10.8. The highest BCUT2D eigenvalue weighted by Gasteiger charge is 2.15. The largest absolute Gasteiger partial charge is 0.483 e. The molecule has 4 rings (SSSR count). The van der Waals surface area contributed by atoms with Gasteiger partial charge in [0, 0.05) is 31.3 Å². The van der Waals surface area contributed by atoms with E-state index in [0.29, 0.717) is 12.3 Å². The summed E-state index contributed by atoms with van der Waals surface area (Å²) in [6, 6.07) is 30.4. The van der Waals surface area contributed by atoms with Crippen LogP contribution < -0.4 is 10.1 Å². The van der Waals surface area contributed by atoms with Crippen molar-refractivity contribution in [1.82, 2.24) is 15.1 Å². The summed E-state index contributed by atoms with van der Waals surface area (Å²) in [4.78, 5) is 12.5. The maximum atomic E-state index is 12.5. The molecule has 1 amide bonds. The quantitative estimate of drug-likeness (QED) is 0.419. The zero-order chi connectivity index (χ0) is 22.2. The molecule has 0 fully saturated rings. The highest BCUT2D eigenvalue weighted by Crippen LogP contribution is 2.29. The molecule has 1 heterocycles. The van der Waals surface area contributed by atoms with E-state index in [1.165, 1.54) is 11.1 Å². The summed E-state index contributed by atoms with van der Waals surface area (Å²) >= 11 is 0. The molecule has 1 aromatic heterocycles. The van der Waals surface area contributed by atoms with Gasteiger partial charge in [-0.3, -0.25) is 9.48 Å². The fraction of sp³-hybridized carbons (Fsp3) is 0.185. The van der Waals surface area contributed by atoms with Crippen LogP contribution in [0, 0.1) is 0 Å². The lowest BCUT2D eigenvalue weighted by Gasteiger charge is -2.18. The van der Waals surface area contributed by atoms with Gasteiger partial charge in [-0.1, -0.05) is 72.8 Å². The van der Waals surface area contributed by atoms with E-state index >= 15 is 0 Å². The van der Waals surface area contributed by atoms with Crippen LogP contribution in [0.5, 0.6) is 5.75 Å². The molecule has 0 radical (unpaired) electrons. The summed E-state index contributed by atoms with van der Waals surface area (Å²) < 4.78 is 7.64. The fourth-order valence-electron chi connectivity index (χ4n) is 3.89. The highest BCUT2D eigenvalue weighted by molar-refractivity contribution is 5.78. The van der Waals surface area contributed by atoms with Crippen LogP contribution in [0.1, 0.15) is 23.5 Å².